The molecule has 1 aromatic heterocycles. The Balaban J connectivity index is 1.75. The number of nitrogens with zero attached hydrogens (tertiary/aromatic N) is 2. The smallest absolute Gasteiger partial charge is 0.328 e. The van der Waals surface area contributed by atoms with Crippen molar-refractivity contribution in [2.45, 2.75) is 19.3 Å². The van der Waals surface area contributed by atoms with E-state index in [4.69, 9.17) is 5.11 Å². The number of halogens is 1. The van der Waals surface area contributed by atoms with Gasteiger partial charge in [0.1, 0.15) is 5.82 Å². The minimum Gasteiger partial charge on any atom is -0.478 e. The third-order valence-corrected chi connectivity index (χ3v) is 6.52. The van der Waals surface area contributed by atoms with Crippen LogP contribution >= 0.6 is 0 Å². The van der Waals surface area contributed by atoms with Gasteiger partial charge in [0, 0.05) is 17.0 Å². The number of aromatic nitrogens is 2. The molecular formula is C29H22FN3O2. The fourth-order valence-electron chi connectivity index (χ4n) is 4.56. The first kappa shape index (κ1) is 22.3. The lowest BCUT2D eigenvalue weighted by molar-refractivity contribution is -0.131. The van der Waals surface area contributed by atoms with E-state index >= 15 is 4.39 Å². The Kier molecular flexibility index (Phi) is 5.99. The van der Waals surface area contributed by atoms with Crippen molar-refractivity contribution in [2.75, 3.05) is 0 Å². The number of aromatic amines is 1. The minimum absolute atomic E-state index is 0.194. The van der Waals surface area contributed by atoms with Crippen molar-refractivity contribution in [3.63, 3.8) is 0 Å². The normalized spacial score (nSPS) is 14.5. The van der Waals surface area contributed by atoms with Gasteiger partial charge in [-0.25, -0.2) is 9.18 Å². The number of rotatable bonds is 6. The molecule has 0 spiro atoms. The molecule has 1 heterocycles. The summed E-state index contributed by atoms with van der Waals surface area (Å²) in [5.74, 6) is -1.22. The maximum Gasteiger partial charge on any atom is 0.328 e. The van der Waals surface area contributed by atoms with E-state index in [1.807, 2.05) is 48.5 Å². The fraction of sp³-hybridized carbons (Fsp3) is 0.138. The fourth-order valence-corrected chi connectivity index (χ4v) is 4.56. The van der Waals surface area contributed by atoms with Crippen molar-refractivity contribution in [3.8, 4) is 6.07 Å². The zero-order valence-electron chi connectivity index (χ0n) is 18.8. The molecule has 0 unspecified atom stereocenters. The molecule has 6 heteroatoms. The standard InChI is InChI=1S/C29H22FN3O2/c30-25-14-19(16-31)6-11-24(25)29(20-2-1-3-20)28(22-10-12-26-23(15-22)17-32-33-26)21-8-4-18(5-9-21)7-13-27(34)35/h4-15,17,20H,1-3H2,(H,32,33)(H,34,35). The number of allylic oxidation sites excluding steroid dienone is 1. The van der Waals surface area contributed by atoms with Crippen molar-refractivity contribution in [1.29, 1.82) is 5.26 Å². The van der Waals surface area contributed by atoms with Crippen molar-refractivity contribution >= 4 is 34.1 Å². The summed E-state index contributed by atoms with van der Waals surface area (Å²) < 4.78 is 15.4. The number of carboxylic acids is 1. The summed E-state index contributed by atoms with van der Waals surface area (Å²) in [6.45, 7) is 0. The third kappa shape index (κ3) is 4.49. The first-order valence-corrected chi connectivity index (χ1v) is 11.4. The van der Waals surface area contributed by atoms with E-state index in [1.54, 1.807) is 24.4 Å². The molecule has 4 aromatic rings. The molecule has 0 radical (unpaired) electrons. The first-order valence-electron chi connectivity index (χ1n) is 11.4. The number of aliphatic carboxylic acids is 1. The van der Waals surface area contributed by atoms with Crippen LogP contribution in [0.1, 0.15) is 47.1 Å². The van der Waals surface area contributed by atoms with Gasteiger partial charge in [0.05, 0.1) is 23.3 Å². The van der Waals surface area contributed by atoms with E-state index in [0.29, 0.717) is 5.56 Å². The van der Waals surface area contributed by atoms with Gasteiger partial charge in [0.2, 0.25) is 0 Å². The highest BCUT2D eigenvalue weighted by atomic mass is 19.1. The van der Waals surface area contributed by atoms with E-state index in [-0.39, 0.29) is 11.5 Å². The highest BCUT2D eigenvalue weighted by molar-refractivity contribution is 6.01. The molecule has 0 saturated heterocycles. The Morgan fingerprint density at radius 1 is 1.09 bits per heavy atom. The molecule has 0 atom stereocenters. The Morgan fingerprint density at radius 3 is 2.51 bits per heavy atom. The number of fused-ring (bicyclic) bond motifs is 1. The molecule has 1 aliphatic carbocycles. The summed E-state index contributed by atoms with van der Waals surface area (Å²) in [5, 5.41) is 26.2. The van der Waals surface area contributed by atoms with E-state index in [9.17, 15) is 10.1 Å². The van der Waals surface area contributed by atoms with Crippen molar-refractivity contribution in [2.24, 2.45) is 5.92 Å². The number of carboxylic acid groups (broad SMARTS) is 1. The first-order chi connectivity index (χ1) is 17.0. The molecule has 1 fully saturated rings. The number of hydrogen-bond donors (Lipinski definition) is 2. The van der Waals surface area contributed by atoms with E-state index in [2.05, 4.69) is 10.2 Å². The lowest BCUT2D eigenvalue weighted by Crippen LogP contribution is -2.16. The van der Waals surface area contributed by atoms with Crippen LogP contribution in [0.15, 0.2) is 72.9 Å². The molecule has 35 heavy (non-hydrogen) atoms. The molecule has 0 bridgehead atoms. The lowest BCUT2D eigenvalue weighted by atomic mass is 9.73. The van der Waals surface area contributed by atoms with Gasteiger partial charge in [0.15, 0.2) is 0 Å². The average Bonchev–Trinajstić information content (AvgIpc) is 3.30. The second-order valence-electron chi connectivity index (χ2n) is 8.69. The van der Waals surface area contributed by atoms with Gasteiger partial charge in [-0.1, -0.05) is 42.8 Å². The Hall–Kier alpha value is -4.50. The van der Waals surface area contributed by atoms with Crippen LogP contribution in [0, 0.1) is 23.1 Å². The Bertz CT molecular complexity index is 1520. The van der Waals surface area contributed by atoms with Gasteiger partial charge in [0.25, 0.3) is 0 Å². The van der Waals surface area contributed by atoms with Crippen LogP contribution in [-0.4, -0.2) is 21.3 Å². The molecule has 0 amide bonds. The van der Waals surface area contributed by atoms with E-state index in [0.717, 1.165) is 64.1 Å². The maximum atomic E-state index is 15.4. The SMILES string of the molecule is N#Cc1ccc(C(=C(c2ccc(C=CC(=O)O)cc2)c2ccc3[nH]ncc3c2)C2CCC2)c(F)c1. The Labute approximate surface area is 201 Å². The summed E-state index contributed by atoms with van der Waals surface area (Å²) in [6, 6.07) is 20.3. The summed E-state index contributed by atoms with van der Waals surface area (Å²) in [4.78, 5) is 10.9. The number of H-pyrrole nitrogens is 1. The largest absolute Gasteiger partial charge is 0.478 e. The molecule has 5 nitrogen and oxygen atoms in total. The van der Waals surface area contributed by atoms with Crippen molar-refractivity contribution < 1.29 is 14.3 Å². The molecule has 5 rings (SSSR count). The van der Waals surface area contributed by atoms with Gasteiger partial charge in [-0.2, -0.15) is 10.4 Å². The summed E-state index contributed by atoms with van der Waals surface area (Å²) in [7, 11) is 0. The second kappa shape index (κ2) is 9.40. The average molecular weight is 464 g/mol. The third-order valence-electron chi connectivity index (χ3n) is 6.52. The van der Waals surface area contributed by atoms with Crippen LogP contribution in [-0.2, 0) is 4.79 Å². The van der Waals surface area contributed by atoms with Crippen LogP contribution in [0.3, 0.4) is 0 Å². The van der Waals surface area contributed by atoms with Crippen LogP contribution in [0.5, 0.6) is 0 Å². The van der Waals surface area contributed by atoms with Crippen LogP contribution < -0.4 is 0 Å². The molecule has 1 aliphatic rings. The van der Waals surface area contributed by atoms with Gasteiger partial charge in [-0.3, -0.25) is 5.10 Å². The lowest BCUT2D eigenvalue weighted by Gasteiger charge is -2.32. The van der Waals surface area contributed by atoms with Crippen LogP contribution in [0.2, 0.25) is 0 Å². The second-order valence-corrected chi connectivity index (χ2v) is 8.69. The minimum atomic E-state index is -1.01. The number of carbonyl (C=O) groups is 1. The van der Waals surface area contributed by atoms with Gasteiger partial charge in [-0.05, 0) is 76.9 Å². The molecule has 1 saturated carbocycles. The number of nitriles is 1. The quantitative estimate of drug-likeness (QED) is 0.255. The van der Waals surface area contributed by atoms with Gasteiger partial charge >= 0.3 is 5.97 Å². The van der Waals surface area contributed by atoms with E-state index < -0.39 is 11.8 Å². The maximum absolute atomic E-state index is 15.4. The molecule has 0 aliphatic heterocycles. The molecule has 2 N–H and O–H groups in total. The molecular weight excluding hydrogens is 441 g/mol. The predicted molar refractivity (Wildman–Crippen MR) is 134 cm³/mol. The van der Waals surface area contributed by atoms with Gasteiger partial charge in [-0.15, -0.1) is 0 Å². The molecule has 172 valence electrons. The number of hydrogen-bond acceptors (Lipinski definition) is 3. The van der Waals surface area contributed by atoms with Crippen LogP contribution in [0.25, 0.3) is 28.1 Å². The van der Waals surface area contributed by atoms with Crippen LogP contribution in [0.4, 0.5) is 4.39 Å². The molecule has 3 aromatic carbocycles. The monoisotopic (exact) mass is 463 g/mol. The highest BCUT2D eigenvalue weighted by Gasteiger charge is 2.29. The zero-order chi connectivity index (χ0) is 24.4. The van der Waals surface area contributed by atoms with Crippen molar-refractivity contribution in [3.05, 3.63) is 107 Å². The highest BCUT2D eigenvalue weighted by Crippen LogP contribution is 2.46. The number of nitrogens with one attached hydrogen (secondary N) is 1. The summed E-state index contributed by atoms with van der Waals surface area (Å²) in [6.07, 6.45) is 7.42. The van der Waals surface area contributed by atoms with Crippen molar-refractivity contribution in [1.82, 2.24) is 10.2 Å². The number of benzene rings is 3. The predicted octanol–water partition coefficient (Wildman–Crippen LogP) is 6.43. The zero-order valence-corrected chi connectivity index (χ0v) is 18.8. The van der Waals surface area contributed by atoms with Gasteiger partial charge < -0.3 is 5.11 Å². The summed E-state index contributed by atoms with van der Waals surface area (Å²) >= 11 is 0. The Morgan fingerprint density at radius 2 is 1.86 bits per heavy atom. The summed E-state index contributed by atoms with van der Waals surface area (Å²) in [5.41, 5.74) is 6.17. The van der Waals surface area contributed by atoms with E-state index in [1.165, 1.54) is 6.07 Å². The topological polar surface area (TPSA) is 89.8 Å².